The molecule has 1 fully saturated rings. The molecule has 0 aromatic heterocycles. The van der Waals surface area contributed by atoms with Crippen LogP contribution in [0.25, 0.3) is 0 Å². The zero-order valence-electron chi connectivity index (χ0n) is 16.2. The van der Waals surface area contributed by atoms with Gasteiger partial charge in [-0.05, 0) is 51.3 Å². The van der Waals surface area contributed by atoms with Gasteiger partial charge < -0.3 is 15.2 Å². The van der Waals surface area contributed by atoms with Crippen molar-refractivity contribution < 1.29 is 37.4 Å². The molecule has 2 rings (SSSR count). The number of carboxylic acid groups (broad SMARTS) is 1. The number of ether oxygens (including phenoxy) is 1. The fourth-order valence-electron chi connectivity index (χ4n) is 3.00. The molecule has 0 aliphatic carbocycles. The molecule has 2 N–H and O–H groups in total. The zero-order chi connectivity index (χ0) is 22.0. The van der Waals surface area contributed by atoms with Crippen LogP contribution in [0, 0.1) is 5.92 Å². The monoisotopic (exact) mass is 416 g/mol. The van der Waals surface area contributed by atoms with Crippen LogP contribution in [-0.2, 0) is 15.7 Å². The Morgan fingerprint density at radius 3 is 2.45 bits per heavy atom. The van der Waals surface area contributed by atoms with Crippen molar-refractivity contribution in [1.29, 1.82) is 0 Å². The predicted octanol–water partition coefficient (Wildman–Crippen LogP) is 3.15. The minimum atomic E-state index is -4.57. The van der Waals surface area contributed by atoms with E-state index in [0.29, 0.717) is 0 Å². The lowest BCUT2D eigenvalue weighted by atomic mass is 10.1. The smallest absolute Gasteiger partial charge is 0.416 e. The van der Waals surface area contributed by atoms with Gasteiger partial charge in [0.2, 0.25) is 0 Å². The van der Waals surface area contributed by atoms with Crippen LogP contribution in [0.4, 0.5) is 18.0 Å². The maximum absolute atomic E-state index is 12.8. The summed E-state index contributed by atoms with van der Waals surface area (Å²) in [6, 6.07) is 2.91. The van der Waals surface area contributed by atoms with Crippen molar-refractivity contribution in [3.8, 4) is 0 Å². The van der Waals surface area contributed by atoms with Gasteiger partial charge in [0.1, 0.15) is 11.6 Å². The molecule has 10 heteroatoms. The highest BCUT2D eigenvalue weighted by atomic mass is 19.4. The Kier molecular flexibility index (Phi) is 6.44. The lowest BCUT2D eigenvalue weighted by Gasteiger charge is -2.26. The number of nitrogens with one attached hydrogen (secondary N) is 1. The summed E-state index contributed by atoms with van der Waals surface area (Å²) < 4.78 is 43.6. The highest BCUT2D eigenvalue weighted by Gasteiger charge is 2.41. The van der Waals surface area contributed by atoms with Crippen LogP contribution >= 0.6 is 0 Å². The highest BCUT2D eigenvalue weighted by Crippen LogP contribution is 2.30. The molecule has 0 radical (unpaired) electrons. The van der Waals surface area contributed by atoms with E-state index in [1.54, 1.807) is 20.8 Å². The predicted molar refractivity (Wildman–Crippen MR) is 96.2 cm³/mol. The van der Waals surface area contributed by atoms with E-state index < -0.39 is 41.4 Å². The number of carbonyl (C=O) groups excluding carboxylic acids is 2. The number of rotatable bonds is 4. The number of nitrogens with zero attached hydrogens (tertiary/aromatic N) is 1. The van der Waals surface area contributed by atoms with Gasteiger partial charge in [-0.25, -0.2) is 9.59 Å². The van der Waals surface area contributed by atoms with Crippen LogP contribution in [0.5, 0.6) is 0 Å². The summed E-state index contributed by atoms with van der Waals surface area (Å²) in [7, 11) is 0. The topological polar surface area (TPSA) is 95.9 Å². The average Bonchev–Trinajstić information content (AvgIpc) is 3.02. The maximum atomic E-state index is 12.8. The SMILES string of the molecule is CC(C)(C)OC(=O)N1C[C@H](CNC(=O)c2cccc(C(F)(F)F)c2)C[C@H]1C(=O)O. The molecule has 1 heterocycles. The molecule has 1 saturated heterocycles. The lowest BCUT2D eigenvalue weighted by Crippen LogP contribution is -2.43. The minimum absolute atomic E-state index is 0.0121. The van der Waals surface area contributed by atoms with E-state index in [0.717, 1.165) is 23.1 Å². The third kappa shape index (κ3) is 6.10. The van der Waals surface area contributed by atoms with Crippen molar-refractivity contribution in [2.24, 2.45) is 5.92 Å². The maximum Gasteiger partial charge on any atom is 0.416 e. The first-order valence-electron chi connectivity index (χ1n) is 8.96. The Bertz CT molecular complexity index is 789. The van der Waals surface area contributed by atoms with Gasteiger partial charge >= 0.3 is 18.2 Å². The van der Waals surface area contributed by atoms with Crippen molar-refractivity contribution >= 4 is 18.0 Å². The molecular weight excluding hydrogens is 393 g/mol. The number of amides is 2. The molecule has 160 valence electrons. The summed E-state index contributed by atoms with van der Waals surface area (Å²) >= 11 is 0. The summed E-state index contributed by atoms with van der Waals surface area (Å²) in [6.07, 6.45) is -5.24. The van der Waals surface area contributed by atoms with E-state index in [1.807, 2.05) is 0 Å². The number of carboxylic acids is 1. The summed E-state index contributed by atoms with van der Waals surface area (Å²) in [5, 5.41) is 11.9. The lowest BCUT2D eigenvalue weighted by molar-refractivity contribution is -0.142. The second-order valence-corrected chi connectivity index (χ2v) is 7.88. The number of benzene rings is 1. The number of halogens is 3. The van der Waals surface area contributed by atoms with E-state index in [-0.39, 0.29) is 31.0 Å². The number of hydrogen-bond acceptors (Lipinski definition) is 4. The Balaban J connectivity index is 2.01. The normalized spacial score (nSPS) is 19.7. The molecule has 0 spiro atoms. The highest BCUT2D eigenvalue weighted by molar-refractivity contribution is 5.94. The van der Waals surface area contributed by atoms with Gasteiger partial charge in [-0.3, -0.25) is 9.69 Å². The third-order valence-corrected chi connectivity index (χ3v) is 4.30. The largest absolute Gasteiger partial charge is 0.480 e. The molecule has 2 atom stereocenters. The quantitative estimate of drug-likeness (QED) is 0.786. The fraction of sp³-hybridized carbons (Fsp3) is 0.526. The number of hydrogen-bond donors (Lipinski definition) is 2. The second-order valence-electron chi connectivity index (χ2n) is 7.88. The van der Waals surface area contributed by atoms with Gasteiger partial charge in [-0.15, -0.1) is 0 Å². The molecular formula is C19H23F3N2O5. The molecule has 0 unspecified atom stereocenters. The minimum Gasteiger partial charge on any atom is -0.480 e. The standard InChI is InChI=1S/C19H23F3N2O5/c1-18(2,3)29-17(28)24-10-11(7-14(24)16(26)27)9-23-15(25)12-5-4-6-13(8-12)19(20,21)22/h4-6,8,11,14H,7,9-10H2,1-3H3,(H,23,25)(H,26,27)/t11-,14-/m0/s1. The van der Waals surface area contributed by atoms with Gasteiger partial charge in [0, 0.05) is 18.7 Å². The van der Waals surface area contributed by atoms with E-state index in [2.05, 4.69) is 5.32 Å². The summed E-state index contributed by atoms with van der Waals surface area (Å²) in [5.74, 6) is -2.28. The van der Waals surface area contributed by atoms with Gasteiger partial charge in [0.15, 0.2) is 0 Å². The van der Waals surface area contributed by atoms with E-state index in [1.165, 1.54) is 6.07 Å². The van der Waals surface area contributed by atoms with Crippen LogP contribution < -0.4 is 5.32 Å². The summed E-state index contributed by atoms with van der Waals surface area (Å²) in [6.45, 7) is 5.03. The molecule has 0 saturated carbocycles. The van der Waals surface area contributed by atoms with E-state index in [9.17, 15) is 32.7 Å². The second kappa shape index (κ2) is 8.30. The zero-order valence-corrected chi connectivity index (χ0v) is 16.2. The van der Waals surface area contributed by atoms with E-state index in [4.69, 9.17) is 4.74 Å². The van der Waals surface area contributed by atoms with E-state index >= 15 is 0 Å². The van der Waals surface area contributed by atoms with Crippen LogP contribution in [0.3, 0.4) is 0 Å². The van der Waals surface area contributed by atoms with Gasteiger partial charge in [0.05, 0.1) is 5.56 Å². The van der Waals surface area contributed by atoms with Crippen molar-refractivity contribution in [1.82, 2.24) is 10.2 Å². The Hall–Kier alpha value is -2.78. The van der Waals surface area contributed by atoms with Crippen molar-refractivity contribution in [2.75, 3.05) is 13.1 Å². The first-order valence-corrected chi connectivity index (χ1v) is 8.96. The fourth-order valence-corrected chi connectivity index (χ4v) is 3.00. The molecule has 7 nitrogen and oxygen atoms in total. The van der Waals surface area contributed by atoms with Crippen LogP contribution in [0.1, 0.15) is 43.1 Å². The van der Waals surface area contributed by atoms with Gasteiger partial charge in [-0.2, -0.15) is 13.2 Å². The van der Waals surface area contributed by atoms with Crippen LogP contribution in [-0.4, -0.2) is 52.7 Å². The Morgan fingerprint density at radius 1 is 1.24 bits per heavy atom. The molecule has 29 heavy (non-hydrogen) atoms. The molecule has 1 aromatic rings. The van der Waals surface area contributed by atoms with Crippen molar-refractivity contribution in [2.45, 2.75) is 45.0 Å². The number of alkyl halides is 3. The molecule has 1 aliphatic rings. The average molecular weight is 416 g/mol. The number of aliphatic carboxylic acids is 1. The molecule has 1 aliphatic heterocycles. The van der Waals surface area contributed by atoms with Crippen LogP contribution in [0.2, 0.25) is 0 Å². The van der Waals surface area contributed by atoms with Gasteiger partial charge in [0.25, 0.3) is 5.91 Å². The van der Waals surface area contributed by atoms with Crippen molar-refractivity contribution in [3.05, 3.63) is 35.4 Å². The first-order chi connectivity index (χ1) is 13.3. The molecule has 1 aromatic carbocycles. The number of likely N-dealkylation sites (tertiary alicyclic amines) is 1. The Morgan fingerprint density at radius 2 is 1.90 bits per heavy atom. The van der Waals surface area contributed by atoms with Crippen molar-refractivity contribution in [3.63, 3.8) is 0 Å². The summed E-state index contributed by atoms with van der Waals surface area (Å²) in [4.78, 5) is 37.0. The number of carbonyl (C=O) groups is 3. The molecule has 0 bridgehead atoms. The molecule has 2 amide bonds. The summed E-state index contributed by atoms with van der Waals surface area (Å²) in [5.41, 5.74) is -1.89. The first kappa shape index (κ1) is 22.5. The van der Waals surface area contributed by atoms with Crippen LogP contribution in [0.15, 0.2) is 24.3 Å². The Labute approximate surface area is 165 Å². The third-order valence-electron chi connectivity index (χ3n) is 4.30. The van der Waals surface area contributed by atoms with Gasteiger partial charge in [-0.1, -0.05) is 6.07 Å².